The Labute approximate surface area is 156 Å². The molecule has 0 aliphatic carbocycles. The molecular formula is C18H11Cl2F2NO3. The van der Waals surface area contributed by atoms with Gasteiger partial charge in [-0.3, -0.25) is 9.36 Å². The van der Waals surface area contributed by atoms with Gasteiger partial charge in [0.15, 0.2) is 17.4 Å². The highest BCUT2D eigenvalue weighted by Crippen LogP contribution is 2.35. The molecule has 0 saturated carbocycles. The van der Waals surface area contributed by atoms with E-state index in [0.29, 0.717) is 6.29 Å². The molecule has 1 aromatic heterocycles. The summed E-state index contributed by atoms with van der Waals surface area (Å²) in [5.41, 5.74) is 0.498. The fourth-order valence-electron chi connectivity index (χ4n) is 2.91. The minimum absolute atomic E-state index is 0.0942. The largest absolute Gasteiger partial charge is 0.503 e. The van der Waals surface area contributed by atoms with E-state index in [4.69, 9.17) is 23.2 Å². The molecule has 0 unspecified atom stereocenters. The zero-order chi connectivity index (χ0) is 19.2. The summed E-state index contributed by atoms with van der Waals surface area (Å²) in [7, 11) is 0. The monoisotopic (exact) mass is 397 g/mol. The molecule has 3 rings (SSSR count). The molecule has 0 spiro atoms. The van der Waals surface area contributed by atoms with E-state index in [2.05, 4.69) is 0 Å². The van der Waals surface area contributed by atoms with E-state index >= 15 is 0 Å². The number of halogens is 4. The summed E-state index contributed by atoms with van der Waals surface area (Å²) >= 11 is 11.8. The van der Waals surface area contributed by atoms with Crippen LogP contribution >= 0.6 is 23.2 Å². The molecule has 0 radical (unpaired) electrons. The molecule has 0 saturated heterocycles. The molecule has 1 heterocycles. The molecule has 0 fully saturated rings. The molecule has 0 atom stereocenters. The van der Waals surface area contributed by atoms with Crippen molar-refractivity contribution in [3.05, 3.63) is 62.8 Å². The van der Waals surface area contributed by atoms with Gasteiger partial charge in [0.25, 0.3) is 5.91 Å². The second-order valence-electron chi connectivity index (χ2n) is 5.62. The highest BCUT2D eigenvalue weighted by Gasteiger charge is 2.25. The number of aldehydes is 1. The van der Waals surface area contributed by atoms with Crippen molar-refractivity contribution in [2.45, 2.75) is 13.3 Å². The summed E-state index contributed by atoms with van der Waals surface area (Å²) in [6.07, 6.45) is 0.335. The van der Waals surface area contributed by atoms with Crippen LogP contribution in [0.1, 0.15) is 21.6 Å². The molecule has 0 aliphatic rings. The number of aromatic nitrogens is 1. The number of phenols is 1. The number of carbonyl (C=O) groups is 2. The summed E-state index contributed by atoms with van der Waals surface area (Å²) in [5.74, 6) is -4.20. The van der Waals surface area contributed by atoms with Crippen molar-refractivity contribution in [3.8, 4) is 5.75 Å². The van der Waals surface area contributed by atoms with Gasteiger partial charge in [0.05, 0.1) is 15.6 Å². The van der Waals surface area contributed by atoms with Crippen LogP contribution in [-0.2, 0) is 11.2 Å². The van der Waals surface area contributed by atoms with E-state index in [9.17, 15) is 23.5 Å². The predicted octanol–water partition coefficient (Wildman–Crippen LogP) is 4.67. The van der Waals surface area contributed by atoms with Gasteiger partial charge in [0.1, 0.15) is 6.29 Å². The zero-order valence-corrected chi connectivity index (χ0v) is 14.8. The predicted molar refractivity (Wildman–Crippen MR) is 94.2 cm³/mol. The smallest absolute Gasteiger partial charge is 0.262 e. The lowest BCUT2D eigenvalue weighted by Crippen LogP contribution is -2.14. The van der Waals surface area contributed by atoms with Gasteiger partial charge in [-0.15, -0.1) is 0 Å². The lowest BCUT2D eigenvalue weighted by molar-refractivity contribution is -0.107. The first-order valence-electron chi connectivity index (χ1n) is 7.42. The molecule has 0 aliphatic heterocycles. The Morgan fingerprint density at radius 3 is 2.54 bits per heavy atom. The van der Waals surface area contributed by atoms with Crippen molar-refractivity contribution in [2.75, 3.05) is 0 Å². The Bertz CT molecular complexity index is 1080. The summed E-state index contributed by atoms with van der Waals surface area (Å²) in [5, 5.41) is 9.78. The number of hydrogen-bond donors (Lipinski definition) is 1. The zero-order valence-electron chi connectivity index (χ0n) is 13.3. The maximum Gasteiger partial charge on any atom is 0.262 e. The summed E-state index contributed by atoms with van der Waals surface area (Å²) in [6, 6.07) is 5.04. The number of aromatic hydroxyl groups is 1. The standard InChI is InChI=1S/C18H11Cl2F2NO3/c1-8-10(4-5-24)15-14(7-13(21)17(25)16(15)22)23(8)18(26)9-2-3-11(19)12(20)6-9/h2-3,5-7,25H,4H2,1H3. The lowest BCUT2D eigenvalue weighted by atomic mass is 10.1. The summed E-state index contributed by atoms with van der Waals surface area (Å²) in [4.78, 5) is 23.9. The minimum Gasteiger partial charge on any atom is -0.503 e. The molecule has 134 valence electrons. The average molecular weight is 398 g/mol. The molecular weight excluding hydrogens is 387 g/mol. The van der Waals surface area contributed by atoms with Crippen molar-refractivity contribution in [1.82, 2.24) is 4.57 Å². The molecule has 0 amide bonds. The second-order valence-corrected chi connectivity index (χ2v) is 6.43. The van der Waals surface area contributed by atoms with E-state index in [1.807, 2.05) is 0 Å². The first-order chi connectivity index (χ1) is 12.3. The third kappa shape index (κ3) is 2.75. The molecule has 8 heteroatoms. The van der Waals surface area contributed by atoms with E-state index in [-0.39, 0.29) is 44.2 Å². The maximum absolute atomic E-state index is 14.5. The fourth-order valence-corrected chi connectivity index (χ4v) is 3.21. The van der Waals surface area contributed by atoms with Crippen LogP contribution in [0.4, 0.5) is 8.78 Å². The van der Waals surface area contributed by atoms with Crippen LogP contribution in [0.5, 0.6) is 5.75 Å². The number of rotatable bonds is 3. The van der Waals surface area contributed by atoms with Gasteiger partial charge in [-0.25, -0.2) is 8.78 Å². The van der Waals surface area contributed by atoms with Crippen molar-refractivity contribution in [1.29, 1.82) is 0 Å². The number of fused-ring (bicyclic) bond motifs is 1. The van der Waals surface area contributed by atoms with Gasteiger partial charge >= 0.3 is 0 Å². The van der Waals surface area contributed by atoms with Crippen molar-refractivity contribution < 1.29 is 23.5 Å². The Morgan fingerprint density at radius 1 is 1.23 bits per heavy atom. The van der Waals surface area contributed by atoms with Crippen LogP contribution in [0, 0.1) is 18.6 Å². The third-order valence-corrected chi connectivity index (χ3v) is 4.88. The van der Waals surface area contributed by atoms with E-state index in [0.717, 1.165) is 10.6 Å². The average Bonchev–Trinajstić information content (AvgIpc) is 2.87. The van der Waals surface area contributed by atoms with E-state index in [1.165, 1.54) is 25.1 Å². The number of carbonyl (C=O) groups excluding carboxylic acids is 2. The minimum atomic E-state index is -1.22. The van der Waals surface area contributed by atoms with Crippen LogP contribution in [0.15, 0.2) is 24.3 Å². The Hall–Kier alpha value is -2.44. The van der Waals surface area contributed by atoms with Crippen molar-refractivity contribution >= 4 is 46.3 Å². The SMILES string of the molecule is Cc1c(CC=O)c2c(F)c(O)c(F)cc2n1C(=O)c1ccc(Cl)c(Cl)c1. The number of nitrogens with zero attached hydrogens (tertiary/aromatic N) is 1. The fraction of sp³-hybridized carbons (Fsp3) is 0.111. The summed E-state index contributed by atoms with van der Waals surface area (Å²) in [6.45, 7) is 1.50. The van der Waals surface area contributed by atoms with Gasteiger partial charge in [-0.05, 0) is 30.7 Å². The van der Waals surface area contributed by atoms with E-state index < -0.39 is 23.3 Å². The van der Waals surface area contributed by atoms with Gasteiger partial charge < -0.3 is 9.90 Å². The first kappa shape index (κ1) is 18.4. The number of benzene rings is 2. The van der Waals surface area contributed by atoms with Gasteiger partial charge in [-0.1, -0.05) is 23.2 Å². The Kier molecular flexibility index (Phi) is 4.73. The van der Waals surface area contributed by atoms with Gasteiger partial charge in [0, 0.05) is 29.1 Å². The Morgan fingerprint density at radius 2 is 1.92 bits per heavy atom. The Balaban J connectivity index is 2.35. The van der Waals surface area contributed by atoms with E-state index in [1.54, 1.807) is 0 Å². The highest BCUT2D eigenvalue weighted by atomic mass is 35.5. The molecule has 2 aromatic carbocycles. The second kappa shape index (κ2) is 6.70. The summed E-state index contributed by atoms with van der Waals surface area (Å²) < 4.78 is 29.4. The number of phenolic OH excluding ortho intramolecular Hbond substituents is 1. The van der Waals surface area contributed by atoms with Crippen LogP contribution in [0.3, 0.4) is 0 Å². The van der Waals surface area contributed by atoms with Crippen LogP contribution in [0.2, 0.25) is 10.0 Å². The van der Waals surface area contributed by atoms with Crippen LogP contribution in [-0.4, -0.2) is 21.9 Å². The lowest BCUT2D eigenvalue weighted by Gasteiger charge is -2.09. The van der Waals surface area contributed by atoms with Gasteiger partial charge in [-0.2, -0.15) is 0 Å². The molecule has 3 aromatic rings. The van der Waals surface area contributed by atoms with Crippen LogP contribution < -0.4 is 0 Å². The topological polar surface area (TPSA) is 59.3 Å². The maximum atomic E-state index is 14.5. The molecule has 0 bridgehead atoms. The molecule has 1 N–H and O–H groups in total. The molecule has 26 heavy (non-hydrogen) atoms. The normalized spacial score (nSPS) is 11.1. The van der Waals surface area contributed by atoms with Gasteiger partial charge in [0.2, 0.25) is 0 Å². The quantitative estimate of drug-likeness (QED) is 0.653. The highest BCUT2D eigenvalue weighted by molar-refractivity contribution is 6.42. The third-order valence-electron chi connectivity index (χ3n) is 4.15. The molecule has 4 nitrogen and oxygen atoms in total. The van der Waals surface area contributed by atoms with Crippen molar-refractivity contribution in [2.24, 2.45) is 0 Å². The number of hydrogen-bond acceptors (Lipinski definition) is 3. The van der Waals surface area contributed by atoms with Crippen molar-refractivity contribution in [3.63, 3.8) is 0 Å². The first-order valence-corrected chi connectivity index (χ1v) is 8.17. The van der Waals surface area contributed by atoms with Crippen LogP contribution in [0.25, 0.3) is 10.9 Å².